The fraction of sp³-hybridized carbons (Fsp3) is 0.0833. The van der Waals surface area contributed by atoms with Gasteiger partial charge in [-0.25, -0.2) is 4.79 Å². The second-order valence-corrected chi connectivity index (χ2v) is 3.38. The van der Waals surface area contributed by atoms with Crippen molar-refractivity contribution >= 4 is 28.7 Å². The molecule has 0 atom stereocenters. The van der Waals surface area contributed by atoms with Crippen LogP contribution in [0.2, 0.25) is 0 Å². The van der Waals surface area contributed by atoms with Gasteiger partial charge in [0.1, 0.15) is 0 Å². The van der Waals surface area contributed by atoms with Crippen LogP contribution in [0.15, 0.2) is 36.5 Å². The summed E-state index contributed by atoms with van der Waals surface area (Å²) in [7, 11) is 0. The van der Waals surface area contributed by atoms with Crippen LogP contribution in [0.1, 0.15) is 6.92 Å². The second-order valence-electron chi connectivity index (χ2n) is 3.38. The minimum absolute atomic E-state index is 0.678. The average Bonchev–Trinajstić information content (AvgIpc) is 2.76. The Morgan fingerprint density at radius 3 is 2.33 bits per heavy atom. The molecule has 3 N–H and O–H groups in total. The van der Waals surface area contributed by atoms with Gasteiger partial charge < -0.3 is 10.1 Å². The Morgan fingerprint density at radius 2 is 1.83 bits per heavy atom. The quantitative estimate of drug-likeness (QED) is 0.603. The van der Waals surface area contributed by atoms with Gasteiger partial charge in [0.15, 0.2) is 0 Å². The maximum Gasteiger partial charge on any atom is 0.394 e. The lowest BCUT2D eigenvalue weighted by molar-refractivity contribution is -0.151. The molecule has 0 saturated carbocycles. The first-order valence-electron chi connectivity index (χ1n) is 5.07. The monoisotopic (exact) mass is 248 g/mol. The van der Waals surface area contributed by atoms with E-state index >= 15 is 0 Å². The number of imide groups is 1. The normalized spacial score (nSPS) is 9.17. The molecule has 0 aliphatic carbocycles. The summed E-state index contributed by atoms with van der Waals surface area (Å²) in [5, 5.41) is 10.7. The Kier molecular flexibility index (Phi) is 4.62. The molecule has 2 aromatic rings. The Hall–Kier alpha value is -2.63. The summed E-state index contributed by atoms with van der Waals surface area (Å²) >= 11 is 0. The van der Waals surface area contributed by atoms with Gasteiger partial charge in [0.25, 0.3) is 0 Å². The zero-order valence-corrected chi connectivity index (χ0v) is 9.64. The number of aromatic nitrogens is 1. The molecule has 0 aliphatic heterocycles. The number of H-pyrrole nitrogens is 1. The number of carbonyl (C=O) groups is 3. The molecular weight excluding hydrogens is 236 g/mol. The smallest absolute Gasteiger partial charge is 0.394 e. The van der Waals surface area contributed by atoms with Crippen LogP contribution in [-0.2, 0) is 14.4 Å². The summed E-state index contributed by atoms with van der Waals surface area (Å²) in [6.07, 6.45) is 1.95. The number of aromatic amines is 1. The maximum absolute atomic E-state index is 10.0. The van der Waals surface area contributed by atoms with Crippen LogP contribution in [0.25, 0.3) is 10.9 Å². The third kappa shape index (κ3) is 4.09. The minimum atomic E-state index is -1.66. The van der Waals surface area contributed by atoms with Gasteiger partial charge >= 0.3 is 11.9 Å². The Bertz CT molecular complexity index is 544. The van der Waals surface area contributed by atoms with E-state index < -0.39 is 17.8 Å². The van der Waals surface area contributed by atoms with Crippen molar-refractivity contribution in [3.05, 3.63) is 36.5 Å². The zero-order valence-electron chi connectivity index (χ0n) is 9.64. The molecule has 18 heavy (non-hydrogen) atoms. The van der Waals surface area contributed by atoms with E-state index in [1.54, 1.807) is 5.32 Å². The molecular formula is C12H12N2O4. The van der Waals surface area contributed by atoms with E-state index in [2.05, 4.69) is 23.2 Å². The fourth-order valence-electron chi connectivity index (χ4n) is 1.21. The molecule has 0 aliphatic rings. The number of nitrogens with one attached hydrogen (secondary N) is 2. The second kappa shape index (κ2) is 6.19. The third-order valence-electron chi connectivity index (χ3n) is 1.95. The van der Waals surface area contributed by atoms with Crippen molar-refractivity contribution in [2.24, 2.45) is 0 Å². The van der Waals surface area contributed by atoms with Crippen LogP contribution in [0.5, 0.6) is 0 Å². The maximum atomic E-state index is 10.0. The Morgan fingerprint density at radius 1 is 1.17 bits per heavy atom. The predicted octanol–water partition coefficient (Wildman–Crippen LogP) is 0.902. The molecule has 94 valence electrons. The number of hydrogen-bond acceptors (Lipinski definition) is 3. The molecule has 6 heteroatoms. The molecule has 0 bridgehead atoms. The van der Waals surface area contributed by atoms with Crippen molar-refractivity contribution < 1.29 is 19.5 Å². The lowest BCUT2D eigenvalue weighted by Gasteiger charge is -1.91. The van der Waals surface area contributed by atoms with Crippen molar-refractivity contribution in [3.63, 3.8) is 0 Å². The van der Waals surface area contributed by atoms with Gasteiger partial charge in [0.2, 0.25) is 5.91 Å². The molecule has 1 aromatic carbocycles. The molecule has 0 spiro atoms. The van der Waals surface area contributed by atoms with E-state index in [4.69, 9.17) is 5.11 Å². The van der Waals surface area contributed by atoms with Gasteiger partial charge in [-0.3, -0.25) is 14.9 Å². The molecule has 0 radical (unpaired) electrons. The SMILES string of the molecule is CC(=O)NC(=O)C(=O)O.c1ccc2[nH]ccc2c1. The number of carbonyl (C=O) groups excluding carboxylic acids is 2. The first kappa shape index (κ1) is 13.4. The largest absolute Gasteiger partial charge is 0.474 e. The molecule has 1 heterocycles. The first-order chi connectivity index (χ1) is 8.50. The number of fused-ring (bicyclic) bond motifs is 1. The Labute approximate surface area is 103 Å². The number of amides is 2. The molecule has 6 nitrogen and oxygen atoms in total. The number of aliphatic carboxylic acids is 1. The molecule has 1 aromatic heterocycles. The van der Waals surface area contributed by atoms with E-state index in [9.17, 15) is 14.4 Å². The van der Waals surface area contributed by atoms with E-state index in [0.717, 1.165) is 6.92 Å². The number of hydrogen-bond donors (Lipinski definition) is 3. The third-order valence-corrected chi connectivity index (χ3v) is 1.95. The highest BCUT2D eigenvalue weighted by Gasteiger charge is 2.10. The van der Waals surface area contributed by atoms with Crippen LogP contribution in [0, 0.1) is 0 Å². The van der Waals surface area contributed by atoms with Crippen LogP contribution in [0.4, 0.5) is 0 Å². The van der Waals surface area contributed by atoms with E-state index in [-0.39, 0.29) is 0 Å². The van der Waals surface area contributed by atoms with Crippen molar-refractivity contribution in [1.29, 1.82) is 0 Å². The van der Waals surface area contributed by atoms with E-state index in [1.165, 1.54) is 10.9 Å². The molecule has 0 unspecified atom stereocenters. The van der Waals surface area contributed by atoms with E-state index in [0.29, 0.717) is 0 Å². The van der Waals surface area contributed by atoms with Gasteiger partial charge in [-0.1, -0.05) is 18.2 Å². The number of carboxylic acids is 1. The van der Waals surface area contributed by atoms with E-state index in [1.807, 2.05) is 18.3 Å². The highest BCUT2D eigenvalue weighted by Crippen LogP contribution is 2.09. The molecule has 0 fully saturated rings. The Balaban J connectivity index is 0.000000180. The van der Waals surface area contributed by atoms with Gasteiger partial charge in [-0.2, -0.15) is 0 Å². The van der Waals surface area contributed by atoms with Gasteiger partial charge in [0, 0.05) is 18.6 Å². The van der Waals surface area contributed by atoms with Crippen molar-refractivity contribution in [3.8, 4) is 0 Å². The van der Waals surface area contributed by atoms with Gasteiger partial charge in [-0.05, 0) is 17.5 Å². The van der Waals surface area contributed by atoms with Crippen LogP contribution < -0.4 is 5.32 Å². The summed E-state index contributed by atoms with van der Waals surface area (Å²) in [6.45, 7) is 1.06. The topological polar surface area (TPSA) is 99.3 Å². The van der Waals surface area contributed by atoms with Gasteiger partial charge in [0.05, 0.1) is 0 Å². The lowest BCUT2D eigenvalue weighted by atomic mass is 10.3. The number of benzene rings is 1. The number of rotatable bonds is 0. The summed E-state index contributed by atoms with van der Waals surface area (Å²) in [5.74, 6) is -3.64. The van der Waals surface area contributed by atoms with Gasteiger partial charge in [-0.15, -0.1) is 0 Å². The van der Waals surface area contributed by atoms with Crippen LogP contribution in [-0.4, -0.2) is 27.9 Å². The molecule has 2 amide bonds. The summed E-state index contributed by atoms with van der Waals surface area (Å²) in [5.41, 5.74) is 1.21. The number of para-hydroxylation sites is 1. The molecule has 0 saturated heterocycles. The average molecular weight is 248 g/mol. The minimum Gasteiger partial charge on any atom is -0.474 e. The predicted molar refractivity (Wildman–Crippen MR) is 64.8 cm³/mol. The highest BCUT2D eigenvalue weighted by molar-refractivity contribution is 6.34. The summed E-state index contributed by atoms with van der Waals surface area (Å²) in [6, 6.07) is 10.3. The van der Waals surface area contributed by atoms with Crippen LogP contribution >= 0.6 is 0 Å². The summed E-state index contributed by atoms with van der Waals surface area (Å²) in [4.78, 5) is 32.8. The lowest BCUT2D eigenvalue weighted by Crippen LogP contribution is -2.33. The summed E-state index contributed by atoms with van der Waals surface area (Å²) < 4.78 is 0. The van der Waals surface area contributed by atoms with Crippen LogP contribution in [0.3, 0.4) is 0 Å². The number of carboxylic acid groups (broad SMARTS) is 1. The first-order valence-corrected chi connectivity index (χ1v) is 5.07. The zero-order chi connectivity index (χ0) is 13.5. The highest BCUT2D eigenvalue weighted by atomic mass is 16.4. The molecule has 2 rings (SSSR count). The fourth-order valence-corrected chi connectivity index (χ4v) is 1.21. The standard InChI is InChI=1S/C8H7N.C4H5NO4/c1-2-4-8-7(3-1)5-6-9-8;1-2(6)5-3(7)4(8)9/h1-6,9H;1H3,(H,8,9)(H,5,6,7). The van der Waals surface area contributed by atoms with Crippen molar-refractivity contribution in [1.82, 2.24) is 10.3 Å². The van der Waals surface area contributed by atoms with Crippen molar-refractivity contribution in [2.75, 3.05) is 0 Å². The van der Waals surface area contributed by atoms with Crippen molar-refractivity contribution in [2.45, 2.75) is 6.92 Å².